The third-order valence-electron chi connectivity index (χ3n) is 6.12. The molecule has 146 valence electrons. The van der Waals surface area contributed by atoms with Crippen LogP contribution in [0.2, 0.25) is 0 Å². The van der Waals surface area contributed by atoms with Gasteiger partial charge in [-0.05, 0) is 67.6 Å². The van der Waals surface area contributed by atoms with Gasteiger partial charge in [-0.25, -0.2) is 4.79 Å². The zero-order valence-corrected chi connectivity index (χ0v) is 18.5. The highest BCUT2D eigenvalue weighted by molar-refractivity contribution is 9.10. The van der Waals surface area contributed by atoms with Crippen molar-refractivity contribution in [2.24, 2.45) is 0 Å². The highest BCUT2D eigenvalue weighted by Gasteiger charge is 2.56. The van der Waals surface area contributed by atoms with Gasteiger partial charge in [0, 0.05) is 27.4 Å². The minimum absolute atomic E-state index is 0.0574. The Kier molecular flexibility index (Phi) is 4.78. The number of amides is 1. The van der Waals surface area contributed by atoms with Crippen LogP contribution in [0.25, 0.3) is 0 Å². The number of carboxylic acids is 1. The SMILES string of the molecule is CN1C(=O)C2(CCC(Nc3cccc(Br)c3)(C(=O)O)CC2)c2cc(Br)ccc21. The van der Waals surface area contributed by atoms with Gasteiger partial charge < -0.3 is 15.3 Å². The molecule has 0 bridgehead atoms. The molecule has 2 N–H and O–H groups in total. The normalized spacial score (nSPS) is 26.4. The van der Waals surface area contributed by atoms with Gasteiger partial charge in [0.05, 0.1) is 5.41 Å². The van der Waals surface area contributed by atoms with E-state index < -0.39 is 16.9 Å². The first-order valence-electron chi connectivity index (χ1n) is 9.13. The number of rotatable bonds is 3. The minimum Gasteiger partial charge on any atom is -0.480 e. The summed E-state index contributed by atoms with van der Waals surface area (Å²) >= 11 is 6.94. The van der Waals surface area contributed by atoms with Gasteiger partial charge in [0.1, 0.15) is 5.54 Å². The average Bonchev–Trinajstić information content (AvgIpc) is 2.85. The Hall–Kier alpha value is -1.86. The van der Waals surface area contributed by atoms with Gasteiger partial charge in [-0.2, -0.15) is 0 Å². The number of carbonyl (C=O) groups excluding carboxylic acids is 1. The second-order valence-corrected chi connectivity index (χ2v) is 9.46. The lowest BCUT2D eigenvalue weighted by Crippen LogP contribution is -2.54. The van der Waals surface area contributed by atoms with Gasteiger partial charge in [-0.1, -0.05) is 37.9 Å². The van der Waals surface area contributed by atoms with Crippen molar-refractivity contribution in [2.75, 3.05) is 17.3 Å². The molecule has 5 nitrogen and oxygen atoms in total. The van der Waals surface area contributed by atoms with Crippen LogP contribution in [0.15, 0.2) is 51.4 Å². The second-order valence-electron chi connectivity index (χ2n) is 7.63. The maximum atomic E-state index is 13.2. The van der Waals surface area contributed by atoms with E-state index in [1.54, 1.807) is 11.9 Å². The molecule has 0 saturated heterocycles. The van der Waals surface area contributed by atoms with Crippen molar-refractivity contribution in [1.82, 2.24) is 0 Å². The highest BCUT2D eigenvalue weighted by atomic mass is 79.9. The molecule has 1 spiro atoms. The van der Waals surface area contributed by atoms with Crippen molar-refractivity contribution in [1.29, 1.82) is 0 Å². The molecule has 2 aliphatic rings. The number of nitrogens with one attached hydrogen (secondary N) is 1. The molecule has 2 aromatic rings. The molecule has 1 amide bonds. The fourth-order valence-electron chi connectivity index (χ4n) is 4.55. The maximum absolute atomic E-state index is 13.2. The molecule has 7 heteroatoms. The number of hydrogen-bond donors (Lipinski definition) is 2. The number of aliphatic carboxylic acids is 1. The predicted octanol–water partition coefficient (Wildman–Crippen LogP) is 4.94. The Balaban J connectivity index is 1.67. The van der Waals surface area contributed by atoms with Crippen LogP contribution >= 0.6 is 31.9 Å². The van der Waals surface area contributed by atoms with Crippen LogP contribution < -0.4 is 10.2 Å². The van der Waals surface area contributed by atoms with Crippen LogP contribution in [0.3, 0.4) is 0 Å². The molecular formula is C21H20Br2N2O3. The maximum Gasteiger partial charge on any atom is 0.329 e. The fourth-order valence-corrected chi connectivity index (χ4v) is 5.31. The lowest BCUT2D eigenvalue weighted by Gasteiger charge is -2.42. The first-order chi connectivity index (χ1) is 13.3. The number of anilines is 2. The van der Waals surface area contributed by atoms with Crippen LogP contribution in [0.1, 0.15) is 31.2 Å². The summed E-state index contributed by atoms with van der Waals surface area (Å²) in [6.07, 6.45) is 1.74. The van der Waals surface area contributed by atoms with Gasteiger partial charge in [0.2, 0.25) is 5.91 Å². The van der Waals surface area contributed by atoms with Crippen molar-refractivity contribution >= 4 is 55.1 Å². The number of nitrogens with zero attached hydrogens (tertiary/aromatic N) is 1. The van der Waals surface area contributed by atoms with Gasteiger partial charge in [-0.15, -0.1) is 0 Å². The van der Waals surface area contributed by atoms with Crippen molar-refractivity contribution in [2.45, 2.75) is 36.6 Å². The summed E-state index contributed by atoms with van der Waals surface area (Å²) in [7, 11) is 1.79. The summed E-state index contributed by atoms with van der Waals surface area (Å²) in [5.74, 6) is -0.822. The summed E-state index contributed by atoms with van der Waals surface area (Å²) < 4.78 is 1.81. The van der Waals surface area contributed by atoms with E-state index >= 15 is 0 Å². The number of carbonyl (C=O) groups is 2. The van der Waals surface area contributed by atoms with Gasteiger partial charge in [0.15, 0.2) is 0 Å². The molecule has 0 atom stereocenters. The van der Waals surface area contributed by atoms with Crippen LogP contribution in [0.5, 0.6) is 0 Å². The zero-order chi connectivity index (χ0) is 20.1. The fraction of sp³-hybridized carbons (Fsp3) is 0.333. The van der Waals surface area contributed by atoms with E-state index in [2.05, 4.69) is 37.2 Å². The van der Waals surface area contributed by atoms with Crippen LogP contribution in [0.4, 0.5) is 11.4 Å². The zero-order valence-electron chi connectivity index (χ0n) is 15.3. The molecule has 1 fully saturated rings. The van der Waals surface area contributed by atoms with Crippen LogP contribution in [-0.4, -0.2) is 29.6 Å². The number of fused-ring (bicyclic) bond motifs is 2. The quantitative estimate of drug-likeness (QED) is 0.617. The summed E-state index contributed by atoms with van der Waals surface area (Å²) in [4.78, 5) is 27.1. The first kappa shape index (κ1) is 19.5. The van der Waals surface area contributed by atoms with E-state index in [0.29, 0.717) is 25.7 Å². The Bertz CT molecular complexity index is 968. The Morgan fingerprint density at radius 2 is 1.75 bits per heavy atom. The summed E-state index contributed by atoms with van der Waals surface area (Å²) in [6, 6.07) is 13.4. The first-order valence-corrected chi connectivity index (χ1v) is 10.7. The molecule has 1 saturated carbocycles. The molecule has 2 aromatic carbocycles. The molecule has 1 aliphatic heterocycles. The standard InChI is InChI=1S/C21H20Br2N2O3/c1-25-17-6-5-14(23)12-16(17)20(18(25)26)7-9-21(10-8-20,19(27)28)24-15-4-2-3-13(22)11-15/h2-6,11-12,24H,7-10H2,1H3,(H,27,28). The minimum atomic E-state index is -1.08. The van der Waals surface area contributed by atoms with Crippen molar-refractivity contribution in [3.63, 3.8) is 0 Å². The number of likely N-dealkylation sites (N-methyl/N-ethyl adjacent to an activating group) is 1. The van der Waals surface area contributed by atoms with Crippen molar-refractivity contribution < 1.29 is 14.7 Å². The number of carboxylic acid groups (broad SMARTS) is 1. The largest absolute Gasteiger partial charge is 0.480 e. The summed E-state index contributed by atoms with van der Waals surface area (Å²) in [5.41, 5.74) is 0.934. The highest BCUT2D eigenvalue weighted by Crippen LogP contribution is 2.52. The number of halogens is 2. The molecule has 4 rings (SSSR count). The molecular weight excluding hydrogens is 488 g/mol. The third kappa shape index (κ3) is 2.95. The summed E-state index contributed by atoms with van der Waals surface area (Å²) in [6.45, 7) is 0. The molecule has 0 aromatic heterocycles. The lowest BCUT2D eigenvalue weighted by molar-refractivity contribution is -0.145. The predicted molar refractivity (Wildman–Crippen MR) is 116 cm³/mol. The lowest BCUT2D eigenvalue weighted by atomic mass is 9.64. The van der Waals surface area contributed by atoms with Gasteiger partial charge in [0.25, 0.3) is 0 Å². The molecule has 28 heavy (non-hydrogen) atoms. The smallest absolute Gasteiger partial charge is 0.329 e. The summed E-state index contributed by atoms with van der Waals surface area (Å²) in [5, 5.41) is 13.3. The van der Waals surface area contributed by atoms with E-state index in [0.717, 1.165) is 25.9 Å². The molecule has 0 radical (unpaired) electrons. The third-order valence-corrected chi connectivity index (χ3v) is 7.11. The number of benzene rings is 2. The van der Waals surface area contributed by atoms with E-state index in [-0.39, 0.29) is 5.91 Å². The molecule has 0 unspecified atom stereocenters. The van der Waals surface area contributed by atoms with E-state index in [1.165, 1.54) is 0 Å². The van der Waals surface area contributed by atoms with E-state index in [4.69, 9.17) is 0 Å². The number of hydrogen-bond acceptors (Lipinski definition) is 3. The van der Waals surface area contributed by atoms with Gasteiger partial charge >= 0.3 is 5.97 Å². The molecule has 1 aliphatic carbocycles. The van der Waals surface area contributed by atoms with E-state index in [9.17, 15) is 14.7 Å². The average molecular weight is 508 g/mol. The Morgan fingerprint density at radius 3 is 2.39 bits per heavy atom. The topological polar surface area (TPSA) is 69.6 Å². The van der Waals surface area contributed by atoms with Crippen molar-refractivity contribution in [3.8, 4) is 0 Å². The Morgan fingerprint density at radius 1 is 1.07 bits per heavy atom. The van der Waals surface area contributed by atoms with Crippen LogP contribution in [0, 0.1) is 0 Å². The molecule has 1 heterocycles. The second kappa shape index (κ2) is 6.88. The monoisotopic (exact) mass is 506 g/mol. The van der Waals surface area contributed by atoms with Crippen molar-refractivity contribution in [3.05, 3.63) is 57.0 Å². The Labute approximate surface area is 180 Å². The van der Waals surface area contributed by atoms with Gasteiger partial charge in [-0.3, -0.25) is 4.79 Å². The van der Waals surface area contributed by atoms with E-state index in [1.807, 2.05) is 42.5 Å². The van der Waals surface area contributed by atoms with Crippen LogP contribution in [-0.2, 0) is 15.0 Å².